The highest BCUT2D eigenvalue weighted by atomic mass is 16.5. The van der Waals surface area contributed by atoms with Gasteiger partial charge in [0, 0.05) is 51.0 Å². The van der Waals surface area contributed by atoms with Gasteiger partial charge < -0.3 is 30.1 Å². The Hall–Kier alpha value is -2.42. The second-order valence-corrected chi connectivity index (χ2v) is 9.82. The molecular weight excluding hydrogens is 442 g/mol. The van der Waals surface area contributed by atoms with Crippen LogP contribution in [-0.4, -0.2) is 74.2 Å². The van der Waals surface area contributed by atoms with Crippen molar-refractivity contribution in [2.45, 2.75) is 57.1 Å². The number of ether oxygens (including phenoxy) is 2. The number of likely N-dealkylation sites (N-methyl/N-ethyl adjacent to an activating group) is 1. The number of benzene rings is 1. The third-order valence-electron chi connectivity index (χ3n) is 7.08. The minimum absolute atomic E-state index is 0.230. The molecule has 1 aromatic heterocycles. The lowest BCUT2D eigenvalue weighted by atomic mass is 9.94. The standard InChI is InChI=1S/C27H41N5O3/c1-28-18-23(33)19-35-24-10-6-7-21(15-24)27-30-25(29-17-20-11-13-34-14-12-20)16-26(31-27)32(2)22-8-4-3-5-9-22/h6-7,10,15-16,20,22-23,28,33H,3-5,8-9,11-14,17-19H2,1-2H3,(H,29,30,31). The summed E-state index contributed by atoms with van der Waals surface area (Å²) in [5.41, 5.74) is 0.901. The molecule has 0 radical (unpaired) electrons. The summed E-state index contributed by atoms with van der Waals surface area (Å²) in [4.78, 5) is 12.2. The fourth-order valence-corrected chi connectivity index (χ4v) is 4.90. The zero-order valence-electron chi connectivity index (χ0n) is 21.2. The molecule has 192 valence electrons. The number of hydrogen-bond donors (Lipinski definition) is 3. The number of aromatic nitrogens is 2. The summed E-state index contributed by atoms with van der Waals surface area (Å²) in [5, 5.41) is 16.5. The van der Waals surface area contributed by atoms with Crippen molar-refractivity contribution >= 4 is 11.6 Å². The molecule has 0 spiro atoms. The molecule has 0 bridgehead atoms. The van der Waals surface area contributed by atoms with Crippen molar-refractivity contribution in [3.63, 3.8) is 0 Å². The molecule has 4 rings (SSSR count). The summed E-state index contributed by atoms with van der Waals surface area (Å²) < 4.78 is 11.3. The first kappa shape index (κ1) is 25.7. The van der Waals surface area contributed by atoms with Crippen LogP contribution in [-0.2, 0) is 4.74 Å². The van der Waals surface area contributed by atoms with Gasteiger partial charge in [0.25, 0.3) is 0 Å². The van der Waals surface area contributed by atoms with E-state index in [9.17, 15) is 5.11 Å². The molecule has 35 heavy (non-hydrogen) atoms. The third-order valence-corrected chi connectivity index (χ3v) is 7.08. The molecule has 2 aromatic rings. The lowest BCUT2D eigenvalue weighted by Crippen LogP contribution is -2.34. The summed E-state index contributed by atoms with van der Waals surface area (Å²) in [7, 11) is 3.97. The lowest BCUT2D eigenvalue weighted by Gasteiger charge is -2.32. The quantitative estimate of drug-likeness (QED) is 0.446. The number of rotatable bonds is 11. The molecule has 3 N–H and O–H groups in total. The van der Waals surface area contributed by atoms with E-state index in [-0.39, 0.29) is 6.61 Å². The maximum absolute atomic E-state index is 9.99. The van der Waals surface area contributed by atoms with E-state index in [1.54, 1.807) is 0 Å². The summed E-state index contributed by atoms with van der Waals surface area (Å²) in [6, 6.07) is 10.4. The van der Waals surface area contributed by atoms with Crippen molar-refractivity contribution < 1.29 is 14.6 Å². The Morgan fingerprint density at radius 1 is 1.11 bits per heavy atom. The first-order valence-corrected chi connectivity index (χ1v) is 13.1. The van der Waals surface area contributed by atoms with Crippen LogP contribution in [0.15, 0.2) is 30.3 Å². The monoisotopic (exact) mass is 483 g/mol. The minimum atomic E-state index is -0.562. The molecule has 1 unspecified atom stereocenters. The normalized spacial score (nSPS) is 18.3. The van der Waals surface area contributed by atoms with Crippen LogP contribution in [0.25, 0.3) is 11.4 Å². The maximum Gasteiger partial charge on any atom is 0.163 e. The van der Waals surface area contributed by atoms with E-state index in [4.69, 9.17) is 19.4 Å². The molecular formula is C27H41N5O3. The van der Waals surface area contributed by atoms with E-state index in [1.807, 2.05) is 31.3 Å². The van der Waals surface area contributed by atoms with Crippen molar-refractivity contribution in [2.75, 3.05) is 57.2 Å². The zero-order chi connectivity index (χ0) is 24.5. The fraction of sp³-hybridized carbons (Fsp3) is 0.630. The van der Waals surface area contributed by atoms with Gasteiger partial charge in [0.15, 0.2) is 5.82 Å². The van der Waals surface area contributed by atoms with E-state index < -0.39 is 6.10 Å². The molecule has 0 amide bonds. The molecule has 1 saturated carbocycles. The van der Waals surface area contributed by atoms with Crippen LogP contribution < -0.4 is 20.3 Å². The third kappa shape index (κ3) is 7.53. The topological polar surface area (TPSA) is 91.8 Å². The highest BCUT2D eigenvalue weighted by Gasteiger charge is 2.21. The van der Waals surface area contributed by atoms with E-state index >= 15 is 0 Å². The van der Waals surface area contributed by atoms with Gasteiger partial charge in [-0.3, -0.25) is 0 Å². The Morgan fingerprint density at radius 2 is 1.91 bits per heavy atom. The van der Waals surface area contributed by atoms with Gasteiger partial charge in [0.1, 0.15) is 30.1 Å². The molecule has 2 heterocycles. The number of nitrogens with zero attached hydrogens (tertiary/aromatic N) is 3. The van der Waals surface area contributed by atoms with Crippen LogP contribution in [0.5, 0.6) is 5.75 Å². The van der Waals surface area contributed by atoms with Crippen LogP contribution in [0.2, 0.25) is 0 Å². The first-order valence-electron chi connectivity index (χ1n) is 13.1. The molecule has 1 aliphatic heterocycles. The Morgan fingerprint density at radius 3 is 2.69 bits per heavy atom. The smallest absolute Gasteiger partial charge is 0.163 e. The Labute approximate surface area is 209 Å². The molecule has 1 saturated heterocycles. The van der Waals surface area contributed by atoms with Crippen LogP contribution in [0.1, 0.15) is 44.9 Å². The Balaban J connectivity index is 1.55. The summed E-state index contributed by atoms with van der Waals surface area (Å²) in [5.74, 6) is 3.79. The second kappa shape index (κ2) is 13.0. The second-order valence-electron chi connectivity index (χ2n) is 9.82. The summed E-state index contributed by atoms with van der Waals surface area (Å²) >= 11 is 0. The zero-order valence-corrected chi connectivity index (χ0v) is 21.2. The van der Waals surface area contributed by atoms with Gasteiger partial charge in [-0.15, -0.1) is 0 Å². The van der Waals surface area contributed by atoms with Crippen molar-refractivity contribution in [3.8, 4) is 17.1 Å². The molecule has 2 aliphatic rings. The molecule has 1 aromatic carbocycles. The van der Waals surface area contributed by atoms with Gasteiger partial charge in [0.2, 0.25) is 0 Å². The van der Waals surface area contributed by atoms with Crippen LogP contribution in [0.4, 0.5) is 11.6 Å². The Kier molecular flexibility index (Phi) is 9.57. The number of nitrogens with one attached hydrogen (secondary N) is 2. The van der Waals surface area contributed by atoms with Gasteiger partial charge in [-0.25, -0.2) is 9.97 Å². The van der Waals surface area contributed by atoms with E-state index in [1.165, 1.54) is 32.1 Å². The average molecular weight is 484 g/mol. The fourth-order valence-electron chi connectivity index (χ4n) is 4.90. The number of aliphatic hydroxyl groups is 1. The van der Waals surface area contributed by atoms with E-state index in [2.05, 4.69) is 28.6 Å². The summed E-state index contributed by atoms with van der Waals surface area (Å²) in [6.45, 7) is 3.28. The number of hydrogen-bond acceptors (Lipinski definition) is 8. The molecule has 1 atom stereocenters. The number of anilines is 2. The highest BCUT2D eigenvalue weighted by molar-refractivity contribution is 5.63. The minimum Gasteiger partial charge on any atom is -0.491 e. The van der Waals surface area contributed by atoms with Crippen LogP contribution >= 0.6 is 0 Å². The largest absolute Gasteiger partial charge is 0.491 e. The first-order chi connectivity index (χ1) is 17.1. The van der Waals surface area contributed by atoms with Crippen LogP contribution in [0, 0.1) is 5.92 Å². The summed E-state index contributed by atoms with van der Waals surface area (Å²) in [6.07, 6.45) is 7.90. The molecule has 1 aliphatic carbocycles. The highest BCUT2D eigenvalue weighted by Crippen LogP contribution is 2.29. The van der Waals surface area contributed by atoms with Crippen molar-refractivity contribution in [1.29, 1.82) is 0 Å². The van der Waals surface area contributed by atoms with Gasteiger partial charge in [-0.1, -0.05) is 31.4 Å². The van der Waals surface area contributed by atoms with E-state index in [0.717, 1.165) is 49.8 Å². The lowest BCUT2D eigenvalue weighted by molar-refractivity contribution is 0.0699. The molecule has 2 fully saturated rings. The van der Waals surface area contributed by atoms with Gasteiger partial charge in [0.05, 0.1) is 0 Å². The average Bonchev–Trinajstić information content (AvgIpc) is 2.91. The molecule has 8 heteroatoms. The van der Waals surface area contributed by atoms with Crippen LogP contribution in [0.3, 0.4) is 0 Å². The predicted molar refractivity (Wildman–Crippen MR) is 140 cm³/mol. The molecule has 8 nitrogen and oxygen atoms in total. The van der Waals surface area contributed by atoms with Gasteiger partial charge in [-0.05, 0) is 50.8 Å². The van der Waals surface area contributed by atoms with Gasteiger partial charge >= 0.3 is 0 Å². The Bertz CT molecular complexity index is 915. The maximum atomic E-state index is 9.99. The van der Waals surface area contributed by atoms with Crippen molar-refractivity contribution in [2.24, 2.45) is 5.92 Å². The van der Waals surface area contributed by atoms with Crippen molar-refractivity contribution in [3.05, 3.63) is 30.3 Å². The van der Waals surface area contributed by atoms with Gasteiger partial charge in [-0.2, -0.15) is 0 Å². The SMILES string of the molecule is CNCC(O)COc1cccc(-c2nc(NCC3CCOCC3)cc(N(C)C3CCCCC3)n2)c1. The van der Waals surface area contributed by atoms with Crippen molar-refractivity contribution in [1.82, 2.24) is 15.3 Å². The van der Waals surface area contributed by atoms with E-state index in [0.29, 0.717) is 30.1 Å². The number of aliphatic hydroxyl groups excluding tert-OH is 1. The predicted octanol–water partition coefficient (Wildman–Crippen LogP) is 3.71.